The van der Waals surface area contributed by atoms with Crippen LogP contribution in [-0.2, 0) is 0 Å². The standard InChI is InChI=1S/C9H13ClN2/c1-6(11)9(12)7-3-2-4-8(10)5-7/h2-6,9H,11-12H2,1H3. The lowest BCUT2D eigenvalue weighted by atomic mass is 10.0. The third kappa shape index (κ3) is 2.21. The monoisotopic (exact) mass is 184 g/mol. The summed E-state index contributed by atoms with van der Waals surface area (Å²) in [5, 5.41) is 0.698. The molecule has 1 aromatic rings. The van der Waals surface area contributed by atoms with Gasteiger partial charge in [0.05, 0.1) is 0 Å². The van der Waals surface area contributed by atoms with Crippen LogP contribution in [0.25, 0.3) is 0 Å². The molecule has 0 radical (unpaired) electrons. The third-order valence-electron chi connectivity index (χ3n) is 1.80. The molecule has 2 nitrogen and oxygen atoms in total. The van der Waals surface area contributed by atoms with E-state index in [1.165, 1.54) is 0 Å². The van der Waals surface area contributed by atoms with Crippen LogP contribution in [0.4, 0.5) is 0 Å². The van der Waals surface area contributed by atoms with Gasteiger partial charge in [-0.15, -0.1) is 0 Å². The van der Waals surface area contributed by atoms with Gasteiger partial charge in [-0.05, 0) is 24.6 Å². The van der Waals surface area contributed by atoms with Crippen molar-refractivity contribution in [3.63, 3.8) is 0 Å². The maximum Gasteiger partial charge on any atom is 0.0446 e. The molecule has 0 spiro atoms. The minimum Gasteiger partial charge on any atom is -0.326 e. The van der Waals surface area contributed by atoms with Crippen molar-refractivity contribution < 1.29 is 0 Å². The van der Waals surface area contributed by atoms with Gasteiger partial charge in [0, 0.05) is 17.1 Å². The van der Waals surface area contributed by atoms with Crippen LogP contribution >= 0.6 is 11.6 Å². The fraction of sp³-hybridized carbons (Fsp3) is 0.333. The van der Waals surface area contributed by atoms with Gasteiger partial charge < -0.3 is 11.5 Å². The van der Waals surface area contributed by atoms with Gasteiger partial charge >= 0.3 is 0 Å². The van der Waals surface area contributed by atoms with Crippen LogP contribution in [0.2, 0.25) is 5.02 Å². The number of rotatable bonds is 2. The Kier molecular flexibility index (Phi) is 3.09. The molecule has 0 saturated carbocycles. The second-order valence-corrected chi connectivity index (χ2v) is 3.38. The first-order valence-corrected chi connectivity index (χ1v) is 4.25. The molecule has 0 heterocycles. The Hall–Kier alpha value is -0.570. The van der Waals surface area contributed by atoms with Crippen LogP contribution in [-0.4, -0.2) is 6.04 Å². The number of nitrogens with two attached hydrogens (primary N) is 2. The Balaban J connectivity index is 2.88. The summed E-state index contributed by atoms with van der Waals surface area (Å²) in [5.74, 6) is 0. The normalized spacial score (nSPS) is 15.7. The SMILES string of the molecule is CC(N)C(N)c1cccc(Cl)c1. The predicted molar refractivity (Wildman–Crippen MR) is 52.0 cm³/mol. The van der Waals surface area contributed by atoms with E-state index in [1.54, 1.807) is 0 Å². The lowest BCUT2D eigenvalue weighted by molar-refractivity contribution is 0.589. The Morgan fingerprint density at radius 1 is 1.33 bits per heavy atom. The van der Waals surface area contributed by atoms with Crippen LogP contribution in [0.3, 0.4) is 0 Å². The van der Waals surface area contributed by atoms with Crippen molar-refractivity contribution >= 4 is 11.6 Å². The fourth-order valence-corrected chi connectivity index (χ4v) is 1.22. The van der Waals surface area contributed by atoms with Crippen LogP contribution in [0, 0.1) is 0 Å². The fourth-order valence-electron chi connectivity index (χ4n) is 1.02. The van der Waals surface area contributed by atoms with Gasteiger partial charge in [-0.25, -0.2) is 0 Å². The third-order valence-corrected chi connectivity index (χ3v) is 2.04. The molecule has 66 valence electrons. The molecule has 0 aliphatic carbocycles. The van der Waals surface area contributed by atoms with Crippen molar-refractivity contribution in [1.82, 2.24) is 0 Å². The van der Waals surface area contributed by atoms with Gasteiger partial charge in [-0.3, -0.25) is 0 Å². The molecule has 0 amide bonds. The van der Waals surface area contributed by atoms with Crippen molar-refractivity contribution in [2.45, 2.75) is 19.0 Å². The lowest BCUT2D eigenvalue weighted by Crippen LogP contribution is -2.30. The summed E-state index contributed by atoms with van der Waals surface area (Å²) < 4.78 is 0. The highest BCUT2D eigenvalue weighted by Crippen LogP contribution is 2.17. The average molecular weight is 185 g/mol. The maximum atomic E-state index is 5.82. The summed E-state index contributed by atoms with van der Waals surface area (Å²) in [6.45, 7) is 1.88. The molecule has 0 fully saturated rings. The Morgan fingerprint density at radius 3 is 2.50 bits per heavy atom. The molecule has 2 atom stereocenters. The van der Waals surface area contributed by atoms with Crippen molar-refractivity contribution in [2.75, 3.05) is 0 Å². The van der Waals surface area contributed by atoms with Crippen LogP contribution in [0.1, 0.15) is 18.5 Å². The second-order valence-electron chi connectivity index (χ2n) is 2.94. The van der Waals surface area contributed by atoms with E-state index in [4.69, 9.17) is 23.1 Å². The average Bonchev–Trinajstić information content (AvgIpc) is 2.03. The lowest BCUT2D eigenvalue weighted by Gasteiger charge is -2.15. The van der Waals surface area contributed by atoms with E-state index in [2.05, 4.69) is 0 Å². The molecular formula is C9H13ClN2. The molecule has 3 heteroatoms. The summed E-state index contributed by atoms with van der Waals surface area (Å²) in [6.07, 6.45) is 0. The van der Waals surface area contributed by atoms with Gasteiger partial charge in [0.2, 0.25) is 0 Å². The quantitative estimate of drug-likeness (QED) is 0.735. The molecule has 0 aliphatic heterocycles. The maximum absolute atomic E-state index is 5.82. The highest BCUT2D eigenvalue weighted by molar-refractivity contribution is 6.30. The van der Waals surface area contributed by atoms with E-state index >= 15 is 0 Å². The molecular weight excluding hydrogens is 172 g/mol. The highest BCUT2D eigenvalue weighted by Gasteiger charge is 2.09. The molecule has 0 saturated heterocycles. The first kappa shape index (κ1) is 9.52. The van der Waals surface area contributed by atoms with Gasteiger partial charge in [0.1, 0.15) is 0 Å². The summed E-state index contributed by atoms with van der Waals surface area (Å²) in [6, 6.07) is 7.28. The molecule has 1 aromatic carbocycles. The number of halogens is 1. The van der Waals surface area contributed by atoms with E-state index in [0.29, 0.717) is 5.02 Å². The number of hydrogen-bond acceptors (Lipinski definition) is 2. The largest absolute Gasteiger partial charge is 0.326 e. The summed E-state index contributed by atoms with van der Waals surface area (Å²) in [5.41, 5.74) is 12.5. The molecule has 2 unspecified atom stereocenters. The molecule has 0 bridgehead atoms. The molecule has 1 rings (SSSR count). The van der Waals surface area contributed by atoms with E-state index < -0.39 is 0 Å². The number of benzene rings is 1. The summed E-state index contributed by atoms with van der Waals surface area (Å²) >= 11 is 5.80. The van der Waals surface area contributed by atoms with Crippen molar-refractivity contribution in [3.05, 3.63) is 34.9 Å². The zero-order chi connectivity index (χ0) is 9.14. The Morgan fingerprint density at radius 2 is 2.00 bits per heavy atom. The van der Waals surface area contributed by atoms with Crippen molar-refractivity contribution in [3.8, 4) is 0 Å². The molecule has 12 heavy (non-hydrogen) atoms. The Bertz CT molecular complexity index is 260. The molecule has 0 aliphatic rings. The second kappa shape index (κ2) is 3.90. The molecule has 0 aromatic heterocycles. The van der Waals surface area contributed by atoms with Crippen LogP contribution < -0.4 is 11.5 Å². The minimum atomic E-state index is -0.135. The van der Waals surface area contributed by atoms with Crippen molar-refractivity contribution in [2.24, 2.45) is 11.5 Å². The first-order chi connectivity index (χ1) is 5.61. The van der Waals surface area contributed by atoms with E-state index in [0.717, 1.165) is 5.56 Å². The van der Waals surface area contributed by atoms with E-state index in [1.807, 2.05) is 31.2 Å². The minimum absolute atomic E-state index is 0.0523. The van der Waals surface area contributed by atoms with Crippen LogP contribution in [0.5, 0.6) is 0 Å². The van der Waals surface area contributed by atoms with Crippen LogP contribution in [0.15, 0.2) is 24.3 Å². The van der Waals surface area contributed by atoms with E-state index in [-0.39, 0.29) is 12.1 Å². The predicted octanol–water partition coefficient (Wildman–Crippen LogP) is 1.69. The molecule has 4 N–H and O–H groups in total. The number of hydrogen-bond donors (Lipinski definition) is 2. The highest BCUT2D eigenvalue weighted by atomic mass is 35.5. The topological polar surface area (TPSA) is 52.0 Å². The van der Waals surface area contributed by atoms with Gasteiger partial charge in [-0.1, -0.05) is 23.7 Å². The zero-order valence-electron chi connectivity index (χ0n) is 7.00. The van der Waals surface area contributed by atoms with Gasteiger partial charge in [0.15, 0.2) is 0 Å². The Labute approximate surface area is 77.5 Å². The first-order valence-electron chi connectivity index (χ1n) is 3.88. The van der Waals surface area contributed by atoms with Gasteiger partial charge in [-0.2, -0.15) is 0 Å². The van der Waals surface area contributed by atoms with E-state index in [9.17, 15) is 0 Å². The van der Waals surface area contributed by atoms with Crippen molar-refractivity contribution in [1.29, 1.82) is 0 Å². The summed E-state index contributed by atoms with van der Waals surface area (Å²) in [4.78, 5) is 0. The zero-order valence-corrected chi connectivity index (χ0v) is 7.75. The summed E-state index contributed by atoms with van der Waals surface area (Å²) in [7, 11) is 0. The smallest absolute Gasteiger partial charge is 0.0446 e. The van der Waals surface area contributed by atoms with Gasteiger partial charge in [0.25, 0.3) is 0 Å².